The SMILES string of the molecule is CCNc1ccc2c(c1)C(OCCc1ccccc1)C(OC(C)=O)C(C)(C)O2. The Morgan fingerprint density at radius 2 is 1.93 bits per heavy atom. The minimum absolute atomic E-state index is 0.343. The molecule has 0 fully saturated rings. The molecule has 0 saturated carbocycles. The van der Waals surface area contributed by atoms with Crippen LogP contribution in [-0.4, -0.2) is 30.8 Å². The lowest BCUT2D eigenvalue weighted by atomic mass is 9.87. The molecule has 0 aliphatic carbocycles. The van der Waals surface area contributed by atoms with Gasteiger partial charge in [0.05, 0.1) is 6.61 Å². The number of ether oxygens (including phenoxy) is 3. The minimum atomic E-state index is -0.699. The molecular weight excluding hydrogens is 354 g/mol. The molecule has 28 heavy (non-hydrogen) atoms. The third kappa shape index (κ3) is 4.65. The molecule has 0 radical (unpaired) electrons. The van der Waals surface area contributed by atoms with E-state index in [1.165, 1.54) is 12.5 Å². The molecule has 2 atom stereocenters. The third-order valence-electron chi connectivity index (χ3n) is 4.85. The Morgan fingerprint density at radius 3 is 2.61 bits per heavy atom. The fourth-order valence-corrected chi connectivity index (χ4v) is 3.56. The van der Waals surface area contributed by atoms with Gasteiger partial charge in [-0.15, -0.1) is 0 Å². The van der Waals surface area contributed by atoms with Crippen LogP contribution in [0, 0.1) is 0 Å². The van der Waals surface area contributed by atoms with Crippen LogP contribution in [0.4, 0.5) is 5.69 Å². The van der Waals surface area contributed by atoms with Gasteiger partial charge in [-0.2, -0.15) is 0 Å². The van der Waals surface area contributed by atoms with Crippen molar-refractivity contribution in [2.24, 2.45) is 0 Å². The highest BCUT2D eigenvalue weighted by molar-refractivity contribution is 5.66. The highest BCUT2D eigenvalue weighted by Gasteiger charge is 2.47. The Balaban J connectivity index is 1.88. The van der Waals surface area contributed by atoms with Gasteiger partial charge in [0.25, 0.3) is 0 Å². The second kappa shape index (κ2) is 8.65. The lowest BCUT2D eigenvalue weighted by Crippen LogP contribution is -2.51. The third-order valence-corrected chi connectivity index (χ3v) is 4.85. The maximum atomic E-state index is 11.8. The molecule has 0 spiro atoms. The largest absolute Gasteiger partial charge is 0.483 e. The van der Waals surface area contributed by atoms with Crippen molar-refractivity contribution >= 4 is 11.7 Å². The molecule has 1 N–H and O–H groups in total. The van der Waals surface area contributed by atoms with E-state index >= 15 is 0 Å². The molecule has 1 aliphatic rings. The molecule has 0 saturated heterocycles. The smallest absolute Gasteiger partial charge is 0.303 e. The molecule has 150 valence electrons. The van der Waals surface area contributed by atoms with Gasteiger partial charge in [0.15, 0.2) is 6.10 Å². The van der Waals surface area contributed by atoms with Gasteiger partial charge < -0.3 is 19.5 Å². The van der Waals surface area contributed by atoms with E-state index in [4.69, 9.17) is 14.2 Å². The summed E-state index contributed by atoms with van der Waals surface area (Å²) >= 11 is 0. The lowest BCUT2D eigenvalue weighted by molar-refractivity contribution is -0.182. The van der Waals surface area contributed by atoms with Crippen LogP contribution in [0.25, 0.3) is 0 Å². The zero-order valence-corrected chi connectivity index (χ0v) is 17.0. The number of rotatable bonds is 7. The predicted octanol–water partition coefficient (Wildman–Crippen LogP) is 4.52. The van der Waals surface area contributed by atoms with Gasteiger partial charge in [0.1, 0.15) is 17.5 Å². The lowest BCUT2D eigenvalue weighted by Gasteiger charge is -2.43. The summed E-state index contributed by atoms with van der Waals surface area (Å²) in [6, 6.07) is 16.2. The van der Waals surface area contributed by atoms with Gasteiger partial charge in [-0.25, -0.2) is 0 Å². The second-order valence-electron chi connectivity index (χ2n) is 7.55. The number of carbonyl (C=O) groups excluding carboxylic acids is 1. The van der Waals surface area contributed by atoms with Crippen molar-refractivity contribution in [3.8, 4) is 5.75 Å². The molecule has 2 unspecified atom stereocenters. The van der Waals surface area contributed by atoms with Gasteiger partial charge in [-0.05, 0) is 51.0 Å². The average molecular weight is 383 g/mol. The maximum absolute atomic E-state index is 11.8. The molecule has 0 aromatic heterocycles. The van der Waals surface area contributed by atoms with Crippen molar-refractivity contribution in [3.63, 3.8) is 0 Å². The molecule has 3 rings (SSSR count). The van der Waals surface area contributed by atoms with Crippen LogP contribution in [0.5, 0.6) is 5.75 Å². The zero-order valence-electron chi connectivity index (χ0n) is 17.0. The van der Waals surface area contributed by atoms with Crippen LogP contribution >= 0.6 is 0 Å². The quantitative estimate of drug-likeness (QED) is 0.713. The number of esters is 1. The molecule has 0 amide bonds. The Kier molecular flexibility index (Phi) is 6.25. The molecule has 1 heterocycles. The maximum Gasteiger partial charge on any atom is 0.303 e. The van der Waals surface area contributed by atoms with Crippen molar-refractivity contribution in [1.82, 2.24) is 0 Å². The van der Waals surface area contributed by atoms with Crippen LogP contribution in [0.3, 0.4) is 0 Å². The van der Waals surface area contributed by atoms with E-state index in [9.17, 15) is 4.79 Å². The van der Waals surface area contributed by atoms with Crippen molar-refractivity contribution in [3.05, 3.63) is 59.7 Å². The van der Waals surface area contributed by atoms with E-state index in [2.05, 4.69) is 24.4 Å². The first kappa shape index (κ1) is 20.2. The van der Waals surface area contributed by atoms with Crippen molar-refractivity contribution in [2.45, 2.75) is 51.9 Å². The summed E-state index contributed by atoms with van der Waals surface area (Å²) in [5, 5.41) is 3.32. The number of nitrogens with one attached hydrogen (secondary N) is 1. The summed E-state index contributed by atoms with van der Waals surface area (Å²) < 4.78 is 18.2. The summed E-state index contributed by atoms with van der Waals surface area (Å²) in [4.78, 5) is 11.8. The van der Waals surface area contributed by atoms with Crippen LogP contribution < -0.4 is 10.1 Å². The fraction of sp³-hybridized carbons (Fsp3) is 0.435. The van der Waals surface area contributed by atoms with Crippen LogP contribution in [0.1, 0.15) is 44.9 Å². The summed E-state index contributed by atoms with van der Waals surface area (Å²) in [6.45, 7) is 8.66. The standard InChI is InChI=1S/C23H29NO4/c1-5-24-18-11-12-20-19(15-18)21(22(27-16(2)25)23(3,4)28-20)26-14-13-17-9-7-6-8-10-17/h6-12,15,21-22,24H,5,13-14H2,1-4H3. The molecule has 0 bridgehead atoms. The molecule has 2 aromatic rings. The number of hydrogen-bond donors (Lipinski definition) is 1. The van der Waals surface area contributed by atoms with Crippen LogP contribution in [-0.2, 0) is 20.7 Å². The molecule has 1 aliphatic heterocycles. The molecular formula is C23H29NO4. The Labute approximate surface area is 167 Å². The molecule has 5 nitrogen and oxygen atoms in total. The van der Waals surface area contributed by atoms with Gasteiger partial charge in [-0.3, -0.25) is 4.79 Å². The summed E-state index contributed by atoms with van der Waals surface area (Å²) in [5.41, 5.74) is 2.40. The first-order chi connectivity index (χ1) is 13.4. The predicted molar refractivity (Wildman–Crippen MR) is 110 cm³/mol. The topological polar surface area (TPSA) is 56.8 Å². The average Bonchev–Trinajstić information content (AvgIpc) is 2.65. The fourth-order valence-electron chi connectivity index (χ4n) is 3.56. The van der Waals surface area contributed by atoms with Crippen molar-refractivity contribution < 1.29 is 19.0 Å². The van der Waals surface area contributed by atoms with Crippen LogP contribution in [0.15, 0.2) is 48.5 Å². The van der Waals surface area contributed by atoms with E-state index in [0.717, 1.165) is 30.0 Å². The highest BCUT2D eigenvalue weighted by Crippen LogP contribution is 2.44. The molecule has 5 heteroatoms. The van der Waals surface area contributed by atoms with E-state index in [0.29, 0.717) is 6.61 Å². The first-order valence-electron chi connectivity index (χ1n) is 9.80. The molecule has 2 aromatic carbocycles. The zero-order chi connectivity index (χ0) is 20.1. The second-order valence-corrected chi connectivity index (χ2v) is 7.55. The normalized spacial score (nSPS) is 20.0. The number of hydrogen-bond acceptors (Lipinski definition) is 5. The number of carbonyl (C=O) groups is 1. The monoisotopic (exact) mass is 383 g/mol. The van der Waals surface area contributed by atoms with Crippen molar-refractivity contribution in [1.29, 1.82) is 0 Å². The minimum Gasteiger partial charge on any atom is -0.483 e. The van der Waals surface area contributed by atoms with E-state index in [-0.39, 0.29) is 5.97 Å². The van der Waals surface area contributed by atoms with E-state index in [1.807, 2.05) is 50.2 Å². The van der Waals surface area contributed by atoms with Gasteiger partial charge in [0.2, 0.25) is 0 Å². The number of benzene rings is 2. The van der Waals surface area contributed by atoms with Gasteiger partial charge in [0, 0.05) is 24.7 Å². The first-order valence-corrected chi connectivity index (χ1v) is 9.80. The Morgan fingerprint density at radius 1 is 1.18 bits per heavy atom. The van der Waals surface area contributed by atoms with E-state index < -0.39 is 17.8 Å². The summed E-state index contributed by atoms with van der Waals surface area (Å²) in [5.74, 6) is 0.421. The van der Waals surface area contributed by atoms with Gasteiger partial charge >= 0.3 is 5.97 Å². The number of fused-ring (bicyclic) bond motifs is 1. The number of anilines is 1. The Bertz CT molecular complexity index is 804. The highest BCUT2D eigenvalue weighted by atomic mass is 16.6. The summed E-state index contributed by atoms with van der Waals surface area (Å²) in [7, 11) is 0. The van der Waals surface area contributed by atoms with Crippen molar-refractivity contribution in [2.75, 3.05) is 18.5 Å². The Hall–Kier alpha value is -2.53. The van der Waals surface area contributed by atoms with Gasteiger partial charge in [-0.1, -0.05) is 30.3 Å². The van der Waals surface area contributed by atoms with E-state index in [1.54, 1.807) is 0 Å². The summed E-state index contributed by atoms with van der Waals surface area (Å²) in [6.07, 6.45) is -0.150. The van der Waals surface area contributed by atoms with Crippen LogP contribution in [0.2, 0.25) is 0 Å².